The van der Waals surface area contributed by atoms with Gasteiger partial charge in [-0.2, -0.15) is 0 Å². The van der Waals surface area contributed by atoms with Crippen molar-refractivity contribution in [2.24, 2.45) is 34.0 Å². The molecule has 2 bridgehead atoms. The number of aliphatic hydroxyl groups excluding tert-OH is 1. The quantitative estimate of drug-likeness (QED) is 0.324. The van der Waals surface area contributed by atoms with Crippen molar-refractivity contribution in [2.75, 3.05) is 0 Å². The lowest BCUT2D eigenvalue weighted by Crippen LogP contribution is -2.76. The molecule has 10 nitrogen and oxygen atoms in total. The Bertz CT molecular complexity index is 1090. The number of ether oxygens (including phenoxy) is 4. The summed E-state index contributed by atoms with van der Waals surface area (Å²) in [6.07, 6.45) is -4.43. The van der Waals surface area contributed by atoms with E-state index in [1.807, 2.05) is 6.92 Å². The lowest BCUT2D eigenvalue weighted by atomic mass is 9.38. The average Bonchev–Trinajstić information content (AvgIpc) is 2.93. The molecule has 0 amide bonds. The largest absolute Gasteiger partial charge is 0.462 e. The molecule has 10 unspecified atom stereocenters. The maximum absolute atomic E-state index is 14.2. The van der Waals surface area contributed by atoms with E-state index in [0.717, 1.165) is 0 Å². The van der Waals surface area contributed by atoms with Gasteiger partial charge in [0.1, 0.15) is 18.3 Å². The molecule has 1 N–H and O–H groups in total. The molecular weight excluding hydrogens is 496 g/mol. The van der Waals surface area contributed by atoms with Crippen molar-refractivity contribution in [2.45, 2.75) is 98.2 Å². The fourth-order valence-corrected chi connectivity index (χ4v) is 8.99. The Kier molecular flexibility index (Phi) is 6.82. The van der Waals surface area contributed by atoms with Gasteiger partial charge < -0.3 is 24.1 Å². The minimum atomic E-state index is -1.39. The topological polar surface area (TPSA) is 143 Å². The second-order valence-corrected chi connectivity index (χ2v) is 12.4. The van der Waals surface area contributed by atoms with Crippen LogP contribution in [0, 0.1) is 34.0 Å². The van der Waals surface area contributed by atoms with Crippen molar-refractivity contribution in [3.8, 4) is 0 Å². The van der Waals surface area contributed by atoms with E-state index in [-0.39, 0.29) is 24.5 Å². The minimum Gasteiger partial charge on any atom is -0.462 e. The average molecular weight is 535 g/mol. The summed E-state index contributed by atoms with van der Waals surface area (Å²) in [5, 5.41) is 11.4. The molecule has 210 valence electrons. The number of ketones is 1. The van der Waals surface area contributed by atoms with Crippen LogP contribution in [0.2, 0.25) is 0 Å². The van der Waals surface area contributed by atoms with E-state index in [2.05, 4.69) is 6.58 Å². The highest BCUT2D eigenvalue weighted by molar-refractivity contribution is 6.04. The van der Waals surface area contributed by atoms with Crippen LogP contribution in [0.5, 0.6) is 0 Å². The van der Waals surface area contributed by atoms with Gasteiger partial charge in [0.2, 0.25) is 0 Å². The third-order valence-corrected chi connectivity index (χ3v) is 9.53. The third-order valence-electron chi connectivity index (χ3n) is 9.53. The molecule has 4 saturated carbocycles. The highest BCUT2D eigenvalue weighted by atomic mass is 16.6. The van der Waals surface area contributed by atoms with Gasteiger partial charge in [-0.15, -0.1) is 0 Å². The van der Waals surface area contributed by atoms with Gasteiger partial charge in [0.05, 0.1) is 11.5 Å². The molecule has 4 aliphatic rings. The van der Waals surface area contributed by atoms with Crippen molar-refractivity contribution >= 4 is 29.7 Å². The Morgan fingerprint density at radius 1 is 0.816 bits per heavy atom. The fourth-order valence-electron chi connectivity index (χ4n) is 8.99. The van der Waals surface area contributed by atoms with Crippen molar-refractivity contribution < 1.29 is 48.0 Å². The number of carbonyl (C=O) groups excluding carboxylic acids is 5. The molecule has 38 heavy (non-hydrogen) atoms. The van der Waals surface area contributed by atoms with Crippen molar-refractivity contribution in [3.05, 3.63) is 12.2 Å². The predicted molar refractivity (Wildman–Crippen MR) is 131 cm³/mol. The Labute approximate surface area is 222 Å². The van der Waals surface area contributed by atoms with Crippen LogP contribution in [0.4, 0.5) is 0 Å². The summed E-state index contributed by atoms with van der Waals surface area (Å²) in [7, 11) is 0. The highest BCUT2D eigenvalue weighted by Crippen LogP contribution is 2.72. The zero-order chi connectivity index (χ0) is 28.5. The van der Waals surface area contributed by atoms with E-state index in [1.165, 1.54) is 27.7 Å². The molecule has 10 atom stereocenters. The SMILES string of the molecule is C=C1C(=O)C23CC1CC(OC(C)=O)C2C1(C)CC(O)C(OC(C)=O)C(C)(C)C1C(OC(C)=O)C3OC(C)=O. The zero-order valence-electron chi connectivity index (χ0n) is 23.1. The fraction of sp³-hybridized carbons (Fsp3) is 0.750. The summed E-state index contributed by atoms with van der Waals surface area (Å²) < 4.78 is 23.3. The molecule has 10 heteroatoms. The maximum atomic E-state index is 14.2. The molecule has 0 saturated heterocycles. The Balaban J connectivity index is 2.03. The van der Waals surface area contributed by atoms with Gasteiger partial charge >= 0.3 is 23.9 Å². The first-order valence-electron chi connectivity index (χ1n) is 13.1. The molecule has 4 rings (SSSR count). The van der Waals surface area contributed by atoms with E-state index < -0.39 is 82.5 Å². The van der Waals surface area contributed by atoms with Gasteiger partial charge in [0, 0.05) is 44.9 Å². The van der Waals surface area contributed by atoms with Gasteiger partial charge in [0.25, 0.3) is 0 Å². The summed E-state index contributed by atoms with van der Waals surface area (Å²) in [4.78, 5) is 63.5. The van der Waals surface area contributed by atoms with Gasteiger partial charge in [-0.25, -0.2) is 0 Å². The van der Waals surface area contributed by atoms with Gasteiger partial charge in [-0.1, -0.05) is 27.4 Å². The Hall–Kier alpha value is -2.75. The molecule has 0 heterocycles. The molecule has 0 aromatic carbocycles. The second-order valence-electron chi connectivity index (χ2n) is 12.4. The van der Waals surface area contributed by atoms with Crippen LogP contribution >= 0.6 is 0 Å². The molecule has 0 aliphatic heterocycles. The van der Waals surface area contributed by atoms with E-state index in [4.69, 9.17) is 18.9 Å². The number of Topliss-reactive ketones (excluding diaryl/α,β-unsaturated/α-hetero) is 1. The lowest BCUT2D eigenvalue weighted by Gasteiger charge is -2.68. The van der Waals surface area contributed by atoms with Crippen molar-refractivity contribution in [1.82, 2.24) is 0 Å². The maximum Gasteiger partial charge on any atom is 0.303 e. The minimum absolute atomic E-state index is 0.0677. The van der Waals surface area contributed by atoms with Crippen LogP contribution < -0.4 is 0 Å². The normalized spacial score (nSPS) is 42.8. The van der Waals surface area contributed by atoms with Gasteiger partial charge in [-0.3, -0.25) is 24.0 Å². The molecule has 4 aliphatic carbocycles. The van der Waals surface area contributed by atoms with Crippen molar-refractivity contribution in [1.29, 1.82) is 0 Å². The van der Waals surface area contributed by atoms with Crippen LogP contribution in [0.25, 0.3) is 0 Å². The summed E-state index contributed by atoms with van der Waals surface area (Å²) in [5.74, 6) is -4.38. The van der Waals surface area contributed by atoms with Crippen LogP contribution in [0.3, 0.4) is 0 Å². The number of hydrogen-bond donors (Lipinski definition) is 1. The number of esters is 4. The number of hydrogen-bond acceptors (Lipinski definition) is 10. The Morgan fingerprint density at radius 2 is 1.34 bits per heavy atom. The summed E-state index contributed by atoms with van der Waals surface area (Å²) in [6, 6.07) is 0. The second kappa shape index (κ2) is 9.17. The summed E-state index contributed by atoms with van der Waals surface area (Å²) >= 11 is 0. The smallest absolute Gasteiger partial charge is 0.303 e. The predicted octanol–water partition coefficient (Wildman–Crippen LogP) is 2.29. The number of carbonyl (C=O) groups is 5. The van der Waals surface area contributed by atoms with E-state index in [1.54, 1.807) is 13.8 Å². The lowest BCUT2D eigenvalue weighted by molar-refractivity contribution is -0.300. The summed E-state index contributed by atoms with van der Waals surface area (Å²) in [5.41, 5.74) is -3.02. The molecule has 0 aromatic rings. The van der Waals surface area contributed by atoms with Gasteiger partial charge in [-0.05, 0) is 36.2 Å². The number of rotatable bonds is 4. The van der Waals surface area contributed by atoms with Gasteiger partial charge in [0.15, 0.2) is 11.9 Å². The standard InChI is InChI=1S/C28H38O10/c1-12-17-9-19(35-13(2)29)21-27(8)11-18(33)24(37-15(4)31)26(6,7)22(27)20(36-14(3)30)25(38-16(5)32)28(21,10-17)23(12)34/h17-22,24-25,33H,1,9-11H2,2-8H3. The Morgan fingerprint density at radius 3 is 1.87 bits per heavy atom. The van der Waals surface area contributed by atoms with E-state index in [0.29, 0.717) is 12.0 Å². The number of allylic oxidation sites excluding steroid dienone is 1. The number of fused-ring (bicyclic) bond motifs is 3. The first-order chi connectivity index (χ1) is 17.5. The zero-order valence-corrected chi connectivity index (χ0v) is 23.1. The third kappa shape index (κ3) is 3.98. The van der Waals surface area contributed by atoms with Crippen LogP contribution in [0.15, 0.2) is 12.2 Å². The van der Waals surface area contributed by atoms with E-state index in [9.17, 15) is 29.1 Å². The first-order valence-corrected chi connectivity index (χ1v) is 13.1. The first kappa shape index (κ1) is 28.3. The molecule has 0 radical (unpaired) electrons. The van der Waals surface area contributed by atoms with E-state index >= 15 is 0 Å². The van der Waals surface area contributed by atoms with Crippen LogP contribution in [0.1, 0.15) is 67.7 Å². The van der Waals surface area contributed by atoms with Crippen LogP contribution in [-0.2, 0) is 42.9 Å². The molecular formula is C28H38O10. The molecule has 4 fully saturated rings. The van der Waals surface area contributed by atoms with Crippen LogP contribution in [-0.4, -0.2) is 65.3 Å². The monoisotopic (exact) mass is 534 g/mol. The molecule has 1 spiro atoms. The molecule has 0 aromatic heterocycles. The number of aliphatic hydroxyl groups is 1. The highest BCUT2D eigenvalue weighted by Gasteiger charge is 2.79. The van der Waals surface area contributed by atoms with Crippen molar-refractivity contribution in [3.63, 3.8) is 0 Å². The summed E-state index contributed by atoms with van der Waals surface area (Å²) in [6.45, 7) is 14.5.